The van der Waals surface area contributed by atoms with Crippen LogP contribution in [0, 0.1) is 79.1 Å². The molecule has 4 fully saturated rings. The van der Waals surface area contributed by atoms with Crippen LogP contribution < -0.4 is 0 Å². The number of β-amino-alcohol motifs (C(OH)–C–C–N with tert-alkyl or cyclic N) is 4. The first-order valence-corrected chi connectivity index (χ1v) is 52.3. The number of carbonyl (C=O) groups excluding carboxylic acids is 8. The Kier molecular flexibility index (Phi) is 35.6. The largest absolute Gasteiger partial charge is 0.391 e. The molecule has 12 heterocycles. The second kappa shape index (κ2) is 46.9. The smallest absolute Gasteiger partial charge is 0.234 e. The van der Waals surface area contributed by atoms with E-state index < -0.39 is 72.3 Å². The molecule has 4 saturated heterocycles. The standard InChI is InChI=1S/C26H31N3O4S.C26H31N3O3S2.2C25H30N4O3S2/c1-15(2)24(21-11-16(3)33-28-21)26(32)29-13-20(30)12-22(29)23(31)10-7-18-5-8-19(9-6-18)25-17(4)27-14-34-25;1-15(2)24(21-11-16(3)34-28-21)26(32)29-13-20(30)12-22(29)23(31)10-7-18-5-8-19(9-6-18)25-17(4)27-14-33-25;1-14(2)22(24-28-27-16(4)34-24)25(32)29-12-19(30)11-20(29)21(31)10-7-17-5-8-18(9-6-17)23-15(3)26-13-33-23;1-14(2)22(24-27-16(4)34-28-24)25(32)29-12-19(30)11-20(29)21(31)10-7-17-5-8-18(9-6-17)23-15(3)26-13-33-23/h2*5-6,8-9,11,14-15,20,22,24,30H,7,10,12-13H2,1-4H3;2*5-6,8-9,13-14,19-20,22,30H,7,10-12H2,1-4H3/t2*20-,22+,24-;2*19-,20+,22-/m1111/s1. The summed E-state index contributed by atoms with van der Waals surface area (Å²) >= 11 is 10.5. The fraction of sp³-hybridized carbons (Fsp3) is 0.471. The number of aliphatic hydroxyl groups excluding tert-OH is 4. The van der Waals surface area contributed by atoms with Crippen molar-refractivity contribution in [3.05, 3.63) is 219 Å². The van der Waals surface area contributed by atoms with Crippen molar-refractivity contribution in [1.82, 2.24) is 68.6 Å². The molecule has 0 unspecified atom stereocenters. The van der Waals surface area contributed by atoms with Crippen LogP contribution in [-0.2, 0) is 64.0 Å². The van der Waals surface area contributed by atoms with E-state index in [0.29, 0.717) is 80.1 Å². The number of aromatic nitrogens is 10. The summed E-state index contributed by atoms with van der Waals surface area (Å²) in [5.41, 5.74) is 21.5. The van der Waals surface area contributed by atoms with Crippen LogP contribution in [0.3, 0.4) is 0 Å². The molecule has 12 atom stereocenters. The predicted molar refractivity (Wildman–Crippen MR) is 535 cm³/mol. The van der Waals surface area contributed by atoms with Crippen molar-refractivity contribution in [3.63, 3.8) is 0 Å². The number of ketones is 4. The minimum atomic E-state index is -0.702. The zero-order valence-electron chi connectivity index (χ0n) is 79.8. The number of Topliss-reactive ketones (excluding diaryl/α,β-unsaturated/α-hetero) is 4. The van der Waals surface area contributed by atoms with Crippen molar-refractivity contribution in [2.24, 2.45) is 23.7 Å². The maximum atomic E-state index is 13.5. The molecular weight excluding hydrogens is 1850 g/mol. The van der Waals surface area contributed by atoms with Gasteiger partial charge in [-0.15, -0.1) is 66.9 Å². The fourth-order valence-corrected chi connectivity index (χ4v) is 23.6. The van der Waals surface area contributed by atoms with Crippen LogP contribution in [0.4, 0.5) is 0 Å². The summed E-state index contributed by atoms with van der Waals surface area (Å²) in [6.07, 6.45) is 2.05. The molecule has 136 heavy (non-hydrogen) atoms. The number of hydrogen-bond acceptors (Lipinski definition) is 30. The Balaban J connectivity index is 0.000000153. The fourth-order valence-electron chi connectivity index (χ4n) is 18.3. The average Bonchev–Trinajstić information content (AvgIpc) is 1.66. The molecule has 4 aliphatic heterocycles. The molecule has 8 aromatic heterocycles. The molecule has 4 aromatic carbocycles. The third-order valence-corrected chi connectivity index (χ3v) is 31.7. The summed E-state index contributed by atoms with van der Waals surface area (Å²) in [6.45, 7) is 31.9. The van der Waals surface area contributed by atoms with Gasteiger partial charge in [-0.25, -0.2) is 24.9 Å². The molecule has 34 heteroatoms. The second-order valence-corrected chi connectivity index (χ2v) is 43.8. The number of aliphatic hydroxyl groups is 4. The Hall–Kier alpha value is -10.2. The van der Waals surface area contributed by atoms with Crippen molar-refractivity contribution < 1.29 is 63.3 Å². The highest BCUT2D eigenvalue weighted by atomic mass is 32.1. The second-order valence-electron chi connectivity index (χ2n) is 37.2. The summed E-state index contributed by atoms with van der Waals surface area (Å²) in [5.74, 6) is -1.41. The molecule has 0 saturated carbocycles. The summed E-state index contributed by atoms with van der Waals surface area (Å²) in [6, 6.07) is 34.2. The van der Waals surface area contributed by atoms with E-state index in [0.717, 1.165) is 107 Å². The quantitative estimate of drug-likeness (QED) is 0.0304. The Bertz CT molecular complexity index is 5340. The van der Waals surface area contributed by atoms with Gasteiger partial charge in [0.15, 0.2) is 29.0 Å². The van der Waals surface area contributed by atoms with Crippen LogP contribution in [0.1, 0.15) is 218 Å². The number of rotatable bonds is 32. The number of likely N-dealkylation sites (tertiary alicyclic amines) is 4. The number of thiazole rings is 4. The zero-order valence-corrected chi connectivity index (χ0v) is 85.6. The normalized spacial score (nSPS) is 19.1. The van der Waals surface area contributed by atoms with E-state index in [4.69, 9.17) is 4.52 Å². The SMILES string of the molecule is Cc1cc([C@H](C(=O)N2C[C@H](O)C[C@H]2C(=O)CCc2ccc(-c3scnc3C)cc2)C(C)C)no1.Cc1cc([C@H](C(=O)N2C[C@H](O)C[C@H]2C(=O)CCc2ccc(-c3scnc3C)cc2)C(C)C)ns1.Cc1nc([C@H](C(=O)N2C[C@H](O)C[C@H]2C(=O)CCc2ccc(-c3scnc3C)cc2)C(C)C)ns1.Cc1nnc([C@H](C(=O)N2C[C@H](O)C[C@H]2C(=O)CCc2ccc(-c3scnc3C)cc2)C(C)C)s1. The summed E-state index contributed by atoms with van der Waals surface area (Å²) in [7, 11) is 0. The Morgan fingerprint density at radius 1 is 0.375 bits per heavy atom. The first kappa shape index (κ1) is 103. The van der Waals surface area contributed by atoms with Gasteiger partial charge in [0.2, 0.25) is 23.6 Å². The van der Waals surface area contributed by atoms with Gasteiger partial charge in [0.25, 0.3) is 0 Å². The van der Waals surface area contributed by atoms with Crippen molar-refractivity contribution in [2.45, 2.75) is 260 Å². The zero-order chi connectivity index (χ0) is 97.6. The molecule has 0 radical (unpaired) electrons. The van der Waals surface area contributed by atoms with E-state index in [9.17, 15) is 58.8 Å². The minimum absolute atomic E-state index is 0.00393. The molecule has 4 aliphatic rings. The van der Waals surface area contributed by atoms with Gasteiger partial charge in [0.05, 0.1) is 142 Å². The number of hydrogen-bond donors (Lipinski definition) is 4. The van der Waals surface area contributed by atoms with E-state index >= 15 is 0 Å². The lowest BCUT2D eigenvalue weighted by Gasteiger charge is -2.29. The van der Waals surface area contributed by atoms with E-state index in [-0.39, 0.29) is 116 Å². The van der Waals surface area contributed by atoms with Crippen LogP contribution in [0.5, 0.6) is 0 Å². The molecule has 0 aliphatic carbocycles. The van der Waals surface area contributed by atoms with Gasteiger partial charge in [-0.3, -0.25) is 38.4 Å². The lowest BCUT2D eigenvalue weighted by atomic mass is 9.90. The third-order valence-electron chi connectivity index (χ3n) is 25.5. The van der Waals surface area contributed by atoms with Crippen molar-refractivity contribution in [2.75, 3.05) is 26.2 Å². The van der Waals surface area contributed by atoms with Gasteiger partial charge < -0.3 is 44.5 Å². The first-order valence-electron chi connectivity index (χ1n) is 46.5. The molecule has 0 spiro atoms. The maximum absolute atomic E-state index is 13.5. The van der Waals surface area contributed by atoms with Crippen LogP contribution in [0.25, 0.3) is 41.8 Å². The lowest BCUT2D eigenvalue weighted by molar-refractivity contribution is -0.140. The maximum Gasteiger partial charge on any atom is 0.234 e. The summed E-state index contributed by atoms with van der Waals surface area (Å²) < 4.78 is 14.0. The highest BCUT2D eigenvalue weighted by Crippen LogP contribution is 2.40. The lowest BCUT2D eigenvalue weighted by Crippen LogP contribution is -2.44. The highest BCUT2D eigenvalue weighted by molar-refractivity contribution is 7.14. The first-order chi connectivity index (χ1) is 65.0. The van der Waals surface area contributed by atoms with Crippen LogP contribution >= 0.6 is 79.7 Å². The Morgan fingerprint density at radius 3 is 0.934 bits per heavy atom. The van der Waals surface area contributed by atoms with Gasteiger partial charge in [-0.1, -0.05) is 158 Å². The van der Waals surface area contributed by atoms with Gasteiger partial charge in [0.1, 0.15) is 26.7 Å². The Labute approximate surface area is 823 Å². The van der Waals surface area contributed by atoms with E-state index in [1.165, 1.54) is 34.4 Å². The molecule has 27 nitrogen and oxygen atoms in total. The summed E-state index contributed by atoms with van der Waals surface area (Å²) in [4.78, 5) is 140. The van der Waals surface area contributed by atoms with Crippen LogP contribution in [0.2, 0.25) is 0 Å². The molecular formula is C102H122N14O13S7. The van der Waals surface area contributed by atoms with Crippen LogP contribution in [-0.4, -0.2) is 211 Å². The van der Waals surface area contributed by atoms with Gasteiger partial charge in [-0.2, -0.15) is 8.75 Å². The number of benzene rings is 4. The van der Waals surface area contributed by atoms with E-state index in [1.807, 2.05) is 180 Å². The minimum Gasteiger partial charge on any atom is -0.391 e. The topological polar surface area (TPSA) is 372 Å². The Morgan fingerprint density at radius 2 is 0.684 bits per heavy atom. The molecule has 4 amide bonds. The third kappa shape index (κ3) is 25.6. The number of aryl methyl sites for hydroxylation is 12. The molecule has 12 aromatic rings. The number of amides is 4. The monoisotopic (exact) mass is 1970 g/mol. The van der Waals surface area contributed by atoms with Crippen molar-refractivity contribution in [3.8, 4) is 41.8 Å². The van der Waals surface area contributed by atoms with Crippen molar-refractivity contribution in [1.29, 1.82) is 0 Å². The summed E-state index contributed by atoms with van der Waals surface area (Å²) in [5, 5.41) is 55.9. The van der Waals surface area contributed by atoms with E-state index in [2.05, 4.69) is 97.6 Å². The van der Waals surface area contributed by atoms with Crippen LogP contribution in [0.15, 0.2) is 136 Å². The average molecular weight is 1980 g/mol. The number of nitrogens with zero attached hydrogens (tertiary/aromatic N) is 14. The van der Waals surface area contributed by atoms with Gasteiger partial charge in [-0.05, 0) is 178 Å². The number of carbonyl (C=O) groups is 8. The predicted octanol–water partition coefficient (Wildman–Crippen LogP) is 17.5. The molecule has 16 rings (SSSR count). The molecule has 0 bridgehead atoms. The van der Waals surface area contributed by atoms with Gasteiger partial charge >= 0.3 is 0 Å². The molecule has 720 valence electrons. The van der Waals surface area contributed by atoms with Crippen molar-refractivity contribution >= 4 is 127 Å². The van der Waals surface area contributed by atoms with Gasteiger partial charge in [0, 0.05) is 88.5 Å². The highest BCUT2D eigenvalue weighted by Gasteiger charge is 2.48. The van der Waals surface area contributed by atoms with E-state index in [1.54, 1.807) is 77.9 Å². The molecule has 4 N–H and O–H groups in total.